The number of methoxy groups -OCH3 is 1. The summed E-state index contributed by atoms with van der Waals surface area (Å²) in [7, 11) is 1.57. The maximum atomic E-state index is 15.1. The predicted molar refractivity (Wildman–Crippen MR) is 129 cm³/mol. The number of nitrogens with zero attached hydrogens (tertiary/aromatic N) is 8. The van der Waals surface area contributed by atoms with Gasteiger partial charge in [0.25, 0.3) is 0 Å². The third-order valence-corrected chi connectivity index (χ3v) is 6.31. The van der Waals surface area contributed by atoms with Gasteiger partial charge in [-0.3, -0.25) is 0 Å². The summed E-state index contributed by atoms with van der Waals surface area (Å²) in [4.78, 5) is 22.1. The normalized spacial score (nSPS) is 13.4. The first-order valence-electron chi connectivity index (χ1n) is 11.7. The number of aromatic hydroxyl groups is 1. The fourth-order valence-electron chi connectivity index (χ4n) is 4.39. The fraction of sp³-hybridized carbons (Fsp3) is 0.280. The van der Waals surface area contributed by atoms with Crippen molar-refractivity contribution < 1.29 is 14.2 Å². The zero-order valence-electron chi connectivity index (χ0n) is 19.8. The van der Waals surface area contributed by atoms with Crippen molar-refractivity contribution in [3.05, 3.63) is 60.2 Å². The van der Waals surface area contributed by atoms with Crippen molar-refractivity contribution in [2.45, 2.75) is 38.8 Å². The van der Waals surface area contributed by atoms with Crippen LogP contribution in [0.15, 0.2) is 43.1 Å². The van der Waals surface area contributed by atoms with Crippen molar-refractivity contribution in [3.63, 3.8) is 0 Å². The number of hydrogen-bond donors (Lipinski definition) is 1. The Kier molecular flexibility index (Phi) is 5.32. The molecule has 6 rings (SSSR count). The molecule has 182 valence electrons. The van der Waals surface area contributed by atoms with E-state index < -0.39 is 5.82 Å². The van der Waals surface area contributed by atoms with Gasteiger partial charge < -0.3 is 14.4 Å². The highest BCUT2D eigenvalue weighted by molar-refractivity contribution is 5.77. The molecule has 11 heteroatoms. The number of rotatable bonds is 7. The van der Waals surface area contributed by atoms with Gasteiger partial charge in [-0.2, -0.15) is 10.1 Å². The predicted octanol–water partition coefficient (Wildman–Crippen LogP) is 3.95. The van der Waals surface area contributed by atoms with E-state index in [0.29, 0.717) is 58.9 Å². The average molecular weight is 487 g/mol. The molecule has 0 saturated heterocycles. The van der Waals surface area contributed by atoms with E-state index in [1.807, 2.05) is 13.0 Å². The molecular formula is C25H23FN8O2. The molecule has 0 aliphatic heterocycles. The number of hydrogen-bond acceptors (Lipinski definition) is 8. The van der Waals surface area contributed by atoms with Gasteiger partial charge in [0.15, 0.2) is 11.5 Å². The summed E-state index contributed by atoms with van der Waals surface area (Å²) in [5.74, 6) is 1.07. The number of ether oxygens (including phenoxy) is 1. The Balaban J connectivity index is 1.36. The first-order chi connectivity index (χ1) is 17.6. The molecule has 0 radical (unpaired) electrons. The van der Waals surface area contributed by atoms with E-state index in [0.717, 1.165) is 23.9 Å². The zero-order chi connectivity index (χ0) is 24.8. The lowest BCUT2D eigenvalue weighted by molar-refractivity contribution is 0.397. The van der Waals surface area contributed by atoms with E-state index in [1.54, 1.807) is 34.8 Å². The van der Waals surface area contributed by atoms with Gasteiger partial charge in [0.1, 0.15) is 23.5 Å². The lowest BCUT2D eigenvalue weighted by atomic mass is 10.1. The number of aromatic nitrogens is 8. The summed E-state index contributed by atoms with van der Waals surface area (Å²) in [5, 5.41) is 15.0. The third-order valence-electron chi connectivity index (χ3n) is 6.31. The van der Waals surface area contributed by atoms with E-state index in [9.17, 15) is 5.11 Å². The highest BCUT2D eigenvalue weighted by atomic mass is 19.1. The van der Waals surface area contributed by atoms with Crippen molar-refractivity contribution >= 4 is 11.0 Å². The second-order valence-electron chi connectivity index (χ2n) is 8.72. The fourth-order valence-corrected chi connectivity index (χ4v) is 4.39. The second kappa shape index (κ2) is 8.67. The first kappa shape index (κ1) is 22.1. The van der Waals surface area contributed by atoms with Crippen LogP contribution in [0.25, 0.3) is 33.8 Å². The standard InChI is InChI=1S/C25H23FN8O2/c1-3-33-12-19(35)31-24(33)17-7-4-14(8-18(17)26)11-34-23-16(10-30-34)9-27-22(32-23)20-21(15-5-6-15)28-13-29-25(20)36-2/h4,7-10,12-13,15,35H,3,5-6,11H2,1-2H3. The zero-order valence-corrected chi connectivity index (χ0v) is 19.8. The minimum Gasteiger partial charge on any atom is -0.492 e. The summed E-state index contributed by atoms with van der Waals surface area (Å²) in [6.45, 7) is 2.77. The molecule has 36 heavy (non-hydrogen) atoms. The molecule has 1 fully saturated rings. The molecule has 1 saturated carbocycles. The van der Waals surface area contributed by atoms with Gasteiger partial charge in [0, 0.05) is 18.7 Å². The molecule has 0 atom stereocenters. The molecule has 5 aromatic rings. The highest BCUT2D eigenvalue weighted by Crippen LogP contribution is 2.44. The van der Waals surface area contributed by atoms with Gasteiger partial charge in [-0.05, 0) is 37.5 Å². The monoisotopic (exact) mass is 486 g/mol. The molecule has 1 aromatic carbocycles. The van der Waals surface area contributed by atoms with Crippen molar-refractivity contribution in [2.24, 2.45) is 0 Å². The van der Waals surface area contributed by atoms with E-state index in [1.165, 1.54) is 18.6 Å². The minimum absolute atomic E-state index is 0.140. The van der Waals surface area contributed by atoms with Crippen LogP contribution in [-0.2, 0) is 13.1 Å². The molecule has 0 unspecified atom stereocenters. The summed E-state index contributed by atoms with van der Waals surface area (Å²) in [5.41, 5.74) is 3.23. The molecule has 10 nitrogen and oxygen atoms in total. The Bertz CT molecular complexity index is 1590. The largest absolute Gasteiger partial charge is 0.492 e. The smallest absolute Gasteiger partial charge is 0.229 e. The van der Waals surface area contributed by atoms with Crippen molar-refractivity contribution in [2.75, 3.05) is 7.11 Å². The van der Waals surface area contributed by atoms with Gasteiger partial charge in [-0.1, -0.05) is 6.07 Å². The topological polar surface area (TPSA) is 117 Å². The van der Waals surface area contributed by atoms with Gasteiger partial charge in [0.2, 0.25) is 11.8 Å². The van der Waals surface area contributed by atoms with Gasteiger partial charge in [-0.15, -0.1) is 0 Å². The van der Waals surface area contributed by atoms with Gasteiger partial charge in [0.05, 0.1) is 42.7 Å². The lowest BCUT2D eigenvalue weighted by Gasteiger charge is -2.11. The number of benzene rings is 1. The minimum atomic E-state index is -0.431. The Morgan fingerprint density at radius 1 is 1.14 bits per heavy atom. The molecule has 0 amide bonds. The Morgan fingerprint density at radius 2 is 2.00 bits per heavy atom. The molecule has 0 spiro atoms. The van der Waals surface area contributed by atoms with E-state index in [4.69, 9.17) is 9.72 Å². The molecule has 4 heterocycles. The maximum Gasteiger partial charge on any atom is 0.229 e. The molecule has 1 aliphatic rings. The number of aryl methyl sites for hydroxylation is 1. The van der Waals surface area contributed by atoms with E-state index >= 15 is 4.39 Å². The summed E-state index contributed by atoms with van der Waals surface area (Å²) in [6, 6.07) is 4.94. The van der Waals surface area contributed by atoms with Crippen LogP contribution in [0.5, 0.6) is 11.8 Å². The van der Waals surface area contributed by atoms with E-state index in [-0.39, 0.29) is 5.88 Å². The molecule has 0 bridgehead atoms. The number of fused-ring (bicyclic) bond motifs is 1. The molecular weight excluding hydrogens is 463 g/mol. The van der Waals surface area contributed by atoms with Crippen LogP contribution in [0, 0.1) is 5.82 Å². The van der Waals surface area contributed by atoms with Crippen molar-refractivity contribution in [1.29, 1.82) is 0 Å². The SMILES string of the molecule is CCn1cc(O)nc1-c1ccc(Cn2ncc3cnc(-c4c(OC)ncnc4C4CC4)nc32)cc1F. The summed E-state index contributed by atoms with van der Waals surface area (Å²) < 4.78 is 24.0. The Morgan fingerprint density at radius 3 is 2.75 bits per heavy atom. The lowest BCUT2D eigenvalue weighted by Crippen LogP contribution is -2.06. The van der Waals surface area contributed by atoms with Crippen LogP contribution in [0.4, 0.5) is 4.39 Å². The van der Waals surface area contributed by atoms with Crippen LogP contribution in [0.3, 0.4) is 0 Å². The highest BCUT2D eigenvalue weighted by Gasteiger charge is 2.31. The van der Waals surface area contributed by atoms with Gasteiger partial charge >= 0.3 is 0 Å². The second-order valence-corrected chi connectivity index (χ2v) is 8.72. The van der Waals surface area contributed by atoms with Crippen LogP contribution in [-0.4, -0.2) is 51.5 Å². The molecule has 1 N–H and O–H groups in total. The van der Waals surface area contributed by atoms with Crippen LogP contribution in [0.2, 0.25) is 0 Å². The summed E-state index contributed by atoms with van der Waals surface area (Å²) in [6.07, 6.45) is 8.51. The Labute approximate surface area is 205 Å². The van der Waals surface area contributed by atoms with E-state index in [2.05, 4.69) is 25.0 Å². The van der Waals surface area contributed by atoms with Crippen LogP contribution in [0.1, 0.15) is 36.9 Å². The molecule has 1 aliphatic carbocycles. The van der Waals surface area contributed by atoms with Crippen LogP contribution < -0.4 is 4.74 Å². The van der Waals surface area contributed by atoms with Crippen molar-refractivity contribution in [1.82, 2.24) is 39.3 Å². The number of halogens is 1. The van der Waals surface area contributed by atoms with Gasteiger partial charge in [-0.25, -0.2) is 29.0 Å². The van der Waals surface area contributed by atoms with Crippen molar-refractivity contribution in [3.8, 4) is 34.5 Å². The summed E-state index contributed by atoms with van der Waals surface area (Å²) >= 11 is 0. The maximum absolute atomic E-state index is 15.1. The first-order valence-corrected chi connectivity index (χ1v) is 11.7. The third kappa shape index (κ3) is 3.82. The molecule has 4 aromatic heterocycles. The van der Waals surface area contributed by atoms with Crippen LogP contribution >= 0.6 is 0 Å². The Hall–Kier alpha value is -4.41. The quantitative estimate of drug-likeness (QED) is 0.368. The number of imidazole rings is 1. The average Bonchev–Trinajstić information content (AvgIpc) is 3.57.